The second-order valence-electron chi connectivity index (χ2n) is 4.65. The fraction of sp³-hybridized carbons (Fsp3) is 0.462. The Hall–Kier alpha value is -1.67. The molecular formula is C13H18BrN5O2. The van der Waals surface area contributed by atoms with Crippen molar-refractivity contribution in [2.24, 2.45) is 12.8 Å². The molecule has 0 saturated heterocycles. The number of hydrogen-bond donors (Lipinski definition) is 1. The van der Waals surface area contributed by atoms with Crippen molar-refractivity contribution < 1.29 is 4.74 Å². The van der Waals surface area contributed by atoms with Crippen molar-refractivity contribution in [2.45, 2.75) is 19.9 Å². The minimum atomic E-state index is -0.217. The molecule has 0 amide bonds. The number of hydrogen-bond acceptors (Lipinski definition) is 5. The first kappa shape index (κ1) is 15.7. The first-order valence-electron chi connectivity index (χ1n) is 6.61. The zero-order valence-corrected chi connectivity index (χ0v) is 13.6. The van der Waals surface area contributed by atoms with Gasteiger partial charge in [0.15, 0.2) is 0 Å². The Morgan fingerprint density at radius 1 is 1.48 bits per heavy atom. The monoisotopic (exact) mass is 355 g/mol. The molecule has 0 fully saturated rings. The third-order valence-electron chi connectivity index (χ3n) is 3.02. The number of nitrogens with two attached hydrogens (primary N) is 1. The van der Waals surface area contributed by atoms with Crippen LogP contribution in [-0.4, -0.2) is 32.7 Å². The van der Waals surface area contributed by atoms with Crippen LogP contribution in [0, 0.1) is 6.92 Å². The van der Waals surface area contributed by atoms with Crippen molar-refractivity contribution in [3.63, 3.8) is 0 Å². The van der Waals surface area contributed by atoms with Crippen LogP contribution < -0.4 is 16.0 Å². The fourth-order valence-electron chi connectivity index (χ4n) is 1.88. The van der Waals surface area contributed by atoms with Gasteiger partial charge in [-0.25, -0.2) is 4.68 Å². The summed E-state index contributed by atoms with van der Waals surface area (Å²) >= 11 is 3.48. The van der Waals surface area contributed by atoms with Crippen molar-refractivity contribution in [1.29, 1.82) is 0 Å². The van der Waals surface area contributed by atoms with Crippen molar-refractivity contribution in [1.82, 2.24) is 19.6 Å². The molecule has 2 heterocycles. The summed E-state index contributed by atoms with van der Waals surface area (Å²) in [4.78, 5) is 12.1. The van der Waals surface area contributed by atoms with E-state index in [9.17, 15) is 4.79 Å². The van der Waals surface area contributed by atoms with E-state index in [1.165, 1.54) is 16.9 Å². The van der Waals surface area contributed by atoms with Crippen LogP contribution in [0.4, 0.5) is 0 Å². The molecule has 0 saturated carbocycles. The molecule has 0 atom stereocenters. The maximum Gasteiger partial charge on any atom is 0.270 e. The van der Waals surface area contributed by atoms with Gasteiger partial charge in [-0.2, -0.15) is 10.2 Å². The van der Waals surface area contributed by atoms with Crippen LogP contribution in [0.5, 0.6) is 5.75 Å². The molecule has 2 N–H and O–H groups in total. The lowest BCUT2D eigenvalue weighted by Gasteiger charge is -2.08. The minimum absolute atomic E-state index is 0.217. The predicted molar refractivity (Wildman–Crippen MR) is 82.4 cm³/mol. The van der Waals surface area contributed by atoms with Crippen LogP contribution in [0.2, 0.25) is 0 Å². The van der Waals surface area contributed by atoms with Crippen molar-refractivity contribution in [2.75, 3.05) is 13.2 Å². The van der Waals surface area contributed by atoms with E-state index in [1.807, 2.05) is 14.0 Å². The minimum Gasteiger partial charge on any atom is -0.492 e. The van der Waals surface area contributed by atoms with Gasteiger partial charge in [0.2, 0.25) is 0 Å². The van der Waals surface area contributed by atoms with Crippen LogP contribution in [0.1, 0.15) is 17.8 Å². The molecule has 21 heavy (non-hydrogen) atoms. The first-order chi connectivity index (χ1) is 10.0. The normalized spacial score (nSPS) is 10.9. The molecule has 0 spiro atoms. The van der Waals surface area contributed by atoms with Crippen molar-refractivity contribution >= 4 is 15.9 Å². The van der Waals surface area contributed by atoms with Gasteiger partial charge < -0.3 is 10.5 Å². The molecule has 0 aliphatic rings. The topological polar surface area (TPSA) is 88.0 Å². The summed E-state index contributed by atoms with van der Waals surface area (Å²) in [6, 6.07) is 1.43. The van der Waals surface area contributed by atoms with E-state index in [0.717, 1.165) is 22.3 Å². The molecule has 114 valence electrons. The molecule has 2 rings (SSSR count). The van der Waals surface area contributed by atoms with Crippen LogP contribution in [0.25, 0.3) is 0 Å². The zero-order valence-electron chi connectivity index (χ0n) is 12.0. The Morgan fingerprint density at radius 3 is 2.81 bits per heavy atom. The van der Waals surface area contributed by atoms with Gasteiger partial charge in [-0.1, -0.05) is 0 Å². The Bertz CT molecular complexity index is 680. The third kappa shape index (κ3) is 3.70. The van der Waals surface area contributed by atoms with E-state index in [1.54, 1.807) is 4.68 Å². The van der Waals surface area contributed by atoms with Crippen LogP contribution in [-0.2, 0) is 13.6 Å². The molecule has 2 aromatic heterocycles. The molecule has 0 unspecified atom stereocenters. The summed E-state index contributed by atoms with van der Waals surface area (Å²) in [5.74, 6) is 0.463. The maximum absolute atomic E-state index is 12.1. The lowest BCUT2D eigenvalue weighted by atomic mass is 10.3. The first-order valence-corrected chi connectivity index (χ1v) is 7.40. The maximum atomic E-state index is 12.1. The van der Waals surface area contributed by atoms with Gasteiger partial charge in [-0.15, -0.1) is 0 Å². The molecule has 7 nitrogen and oxygen atoms in total. The Labute approximate surface area is 130 Å². The fourth-order valence-corrected chi connectivity index (χ4v) is 2.34. The summed E-state index contributed by atoms with van der Waals surface area (Å²) in [6.07, 6.45) is 2.28. The van der Waals surface area contributed by atoms with E-state index in [4.69, 9.17) is 10.5 Å². The molecule has 0 bridgehead atoms. The number of nitrogens with zero attached hydrogens (tertiary/aromatic N) is 4. The smallest absolute Gasteiger partial charge is 0.270 e. The lowest BCUT2D eigenvalue weighted by Crippen LogP contribution is -2.24. The second-order valence-corrected chi connectivity index (χ2v) is 5.44. The highest BCUT2D eigenvalue weighted by Crippen LogP contribution is 2.20. The average molecular weight is 356 g/mol. The standard InChI is InChI=1S/C13H18BrN5O2/c1-9-13(14)11(18(2)17-9)8-19-12(20)6-10(7-16-19)21-5-3-4-15/h6-7H,3-5,8,15H2,1-2H3. The van der Waals surface area contributed by atoms with Gasteiger partial charge in [-0.05, 0) is 35.8 Å². The summed E-state index contributed by atoms with van der Waals surface area (Å²) in [6.45, 7) is 3.28. The van der Waals surface area contributed by atoms with Gasteiger partial charge in [-0.3, -0.25) is 9.48 Å². The summed E-state index contributed by atoms with van der Waals surface area (Å²) < 4.78 is 9.40. The van der Waals surface area contributed by atoms with Crippen LogP contribution in [0.15, 0.2) is 21.5 Å². The molecule has 0 aliphatic heterocycles. The zero-order chi connectivity index (χ0) is 15.4. The highest BCUT2D eigenvalue weighted by Gasteiger charge is 2.12. The summed E-state index contributed by atoms with van der Waals surface area (Å²) in [5, 5.41) is 8.42. The molecule has 8 heteroatoms. The van der Waals surface area contributed by atoms with Gasteiger partial charge in [0, 0.05) is 13.1 Å². The van der Waals surface area contributed by atoms with Gasteiger partial charge in [0.1, 0.15) is 5.75 Å². The molecule has 0 aliphatic carbocycles. The predicted octanol–water partition coefficient (Wildman–Crippen LogP) is 0.824. The second kappa shape index (κ2) is 6.86. The third-order valence-corrected chi connectivity index (χ3v) is 4.05. The van der Waals surface area contributed by atoms with Crippen molar-refractivity contribution in [3.05, 3.63) is 38.5 Å². The quantitative estimate of drug-likeness (QED) is 0.775. The van der Waals surface area contributed by atoms with Crippen LogP contribution in [0.3, 0.4) is 0 Å². The van der Waals surface area contributed by atoms with E-state index >= 15 is 0 Å². The Morgan fingerprint density at radius 2 is 2.24 bits per heavy atom. The van der Waals surface area contributed by atoms with Crippen molar-refractivity contribution in [3.8, 4) is 5.75 Å². The van der Waals surface area contributed by atoms with E-state index < -0.39 is 0 Å². The Balaban J connectivity index is 2.16. The van der Waals surface area contributed by atoms with E-state index in [-0.39, 0.29) is 5.56 Å². The number of ether oxygens (including phenoxy) is 1. The SMILES string of the molecule is Cc1nn(C)c(Cn2ncc(OCCCN)cc2=O)c1Br. The van der Waals surface area contributed by atoms with E-state index in [2.05, 4.69) is 26.1 Å². The number of aryl methyl sites for hydroxylation is 2. The number of rotatable bonds is 6. The number of halogens is 1. The molecule has 0 aromatic carbocycles. The summed E-state index contributed by atoms with van der Waals surface area (Å²) in [5.41, 5.74) is 6.94. The lowest BCUT2D eigenvalue weighted by molar-refractivity contribution is 0.309. The largest absolute Gasteiger partial charge is 0.492 e. The van der Waals surface area contributed by atoms with Gasteiger partial charge in [0.25, 0.3) is 5.56 Å². The average Bonchev–Trinajstić information content (AvgIpc) is 2.68. The highest BCUT2D eigenvalue weighted by atomic mass is 79.9. The van der Waals surface area contributed by atoms with E-state index in [0.29, 0.717) is 25.4 Å². The van der Waals surface area contributed by atoms with Gasteiger partial charge >= 0.3 is 0 Å². The number of aromatic nitrogens is 4. The summed E-state index contributed by atoms with van der Waals surface area (Å²) in [7, 11) is 1.84. The molecule has 2 aromatic rings. The van der Waals surface area contributed by atoms with Crippen LogP contribution >= 0.6 is 15.9 Å². The van der Waals surface area contributed by atoms with Gasteiger partial charge in [0.05, 0.1) is 35.2 Å². The molecular weight excluding hydrogens is 338 g/mol. The highest BCUT2D eigenvalue weighted by molar-refractivity contribution is 9.10. The Kier molecular flexibility index (Phi) is 5.13. The molecule has 0 radical (unpaired) electrons.